The second-order valence-corrected chi connectivity index (χ2v) is 15.6. The quantitative estimate of drug-likeness (QED) is 0.109. The zero-order valence-corrected chi connectivity index (χ0v) is 30.4. The van der Waals surface area contributed by atoms with Gasteiger partial charge in [0.05, 0.1) is 24.7 Å². The number of ether oxygens (including phenoxy) is 2. The Hall–Kier alpha value is -2.44. The summed E-state index contributed by atoms with van der Waals surface area (Å²) in [7, 11) is 1.51. The van der Waals surface area contributed by atoms with Crippen molar-refractivity contribution in [2.75, 3.05) is 13.7 Å². The minimum absolute atomic E-state index is 0.00112. The van der Waals surface area contributed by atoms with E-state index in [0.717, 1.165) is 38.5 Å². The van der Waals surface area contributed by atoms with Crippen molar-refractivity contribution in [3.05, 3.63) is 23.9 Å². The summed E-state index contributed by atoms with van der Waals surface area (Å²) < 4.78 is 43.6. The van der Waals surface area contributed by atoms with Crippen molar-refractivity contribution in [2.45, 2.75) is 116 Å². The van der Waals surface area contributed by atoms with Crippen LogP contribution in [-0.2, 0) is 20.3 Å². The van der Waals surface area contributed by atoms with Gasteiger partial charge < -0.3 is 19.2 Å². The van der Waals surface area contributed by atoms with E-state index in [4.69, 9.17) is 9.47 Å². The Kier molecular flexibility index (Phi) is 11.1. The van der Waals surface area contributed by atoms with Crippen LogP contribution in [0.4, 0.5) is 8.78 Å². The van der Waals surface area contributed by atoms with Crippen LogP contribution >= 0.6 is 22.6 Å². The number of aromatic nitrogens is 2. The molecule has 1 amide bonds. The molecule has 47 heavy (non-hydrogen) atoms. The summed E-state index contributed by atoms with van der Waals surface area (Å²) in [6, 6.07) is 4.16. The van der Waals surface area contributed by atoms with E-state index in [9.17, 15) is 14.4 Å². The SMILES string of the molecule is COc1ccc2nc(C(F)(F)CCCC[C@@H]3C[C@@]3(C)CC(C)=O)c(O[C@H]3CN(C(=O)[C@@H](C)C4CCCCC4)[C@H](C(=O)I)[C@@H]3C)nc2c1. The minimum atomic E-state index is -3.33. The molecule has 3 fully saturated rings. The van der Waals surface area contributed by atoms with Gasteiger partial charge in [-0.15, -0.1) is 0 Å². The summed E-state index contributed by atoms with van der Waals surface area (Å²) in [6.07, 6.45) is 7.43. The van der Waals surface area contributed by atoms with Gasteiger partial charge in [0, 0.05) is 53.3 Å². The topological polar surface area (TPSA) is 98.7 Å². The molecule has 0 bridgehead atoms. The number of hydrogen-bond acceptors (Lipinski definition) is 7. The maximum atomic E-state index is 16.1. The molecule has 258 valence electrons. The van der Waals surface area contributed by atoms with Gasteiger partial charge in [-0.1, -0.05) is 46.5 Å². The van der Waals surface area contributed by atoms with E-state index in [1.807, 2.05) is 13.8 Å². The van der Waals surface area contributed by atoms with Gasteiger partial charge in [0.1, 0.15) is 23.7 Å². The number of amides is 1. The molecule has 6 atom stereocenters. The lowest BCUT2D eigenvalue weighted by Crippen LogP contribution is -2.45. The van der Waals surface area contributed by atoms with Gasteiger partial charge in [-0.25, -0.2) is 9.97 Å². The average molecular weight is 768 g/mol. The monoisotopic (exact) mass is 767 g/mol. The van der Waals surface area contributed by atoms with Crippen LogP contribution in [0.25, 0.3) is 11.0 Å². The fraction of sp³-hybridized carbons (Fsp3) is 0.694. The first-order chi connectivity index (χ1) is 22.2. The number of carbonyl (C=O) groups is 3. The van der Waals surface area contributed by atoms with Crippen molar-refractivity contribution in [1.29, 1.82) is 0 Å². The lowest BCUT2D eigenvalue weighted by atomic mass is 9.80. The van der Waals surface area contributed by atoms with Crippen molar-refractivity contribution in [1.82, 2.24) is 14.9 Å². The zero-order chi connectivity index (χ0) is 34.1. The standard InChI is InChI=1S/C36H48F2IN3O5/c1-21(43)18-35(4)19-25(35)13-9-10-16-36(37,38)31-33(41-28-17-26(46-5)14-15-27(28)40-31)47-29-20-42(30(23(29)3)32(39)44)34(45)22(2)24-11-7-6-8-12-24/h14-15,17,22-25,29-30H,6-13,16,18-20H2,1-5H3/t22-,23+,25+,29-,30-,35+/m0/s1. The lowest BCUT2D eigenvalue weighted by molar-refractivity contribution is -0.140. The van der Waals surface area contributed by atoms with Crippen LogP contribution in [0, 0.1) is 29.1 Å². The Labute approximate surface area is 290 Å². The third kappa shape index (κ3) is 8.07. The molecule has 1 saturated heterocycles. The van der Waals surface area contributed by atoms with Gasteiger partial charge in [-0.05, 0) is 68.4 Å². The van der Waals surface area contributed by atoms with Crippen molar-refractivity contribution in [3.8, 4) is 11.6 Å². The highest BCUT2D eigenvalue weighted by atomic mass is 127. The molecular formula is C36H48F2IN3O5. The lowest BCUT2D eigenvalue weighted by Gasteiger charge is -2.32. The maximum absolute atomic E-state index is 16.1. The van der Waals surface area contributed by atoms with Gasteiger partial charge in [0.15, 0.2) is 5.69 Å². The molecule has 11 heteroatoms. The highest BCUT2D eigenvalue weighted by Crippen LogP contribution is 2.57. The Balaban J connectivity index is 1.36. The molecule has 2 aromatic rings. The summed E-state index contributed by atoms with van der Waals surface area (Å²) >= 11 is 1.73. The molecule has 8 nitrogen and oxygen atoms in total. The van der Waals surface area contributed by atoms with Gasteiger partial charge in [-0.2, -0.15) is 8.78 Å². The number of carbonyl (C=O) groups excluding carboxylic acids is 3. The highest BCUT2D eigenvalue weighted by molar-refractivity contribution is 14.1. The molecule has 1 aliphatic heterocycles. The third-order valence-corrected chi connectivity index (χ3v) is 11.6. The summed E-state index contributed by atoms with van der Waals surface area (Å²) in [5, 5.41) is 0. The largest absolute Gasteiger partial charge is 0.497 e. The van der Waals surface area contributed by atoms with Crippen LogP contribution in [-0.4, -0.2) is 56.1 Å². The van der Waals surface area contributed by atoms with Crippen LogP contribution in [0.1, 0.15) is 104 Å². The van der Waals surface area contributed by atoms with E-state index in [0.29, 0.717) is 35.5 Å². The average Bonchev–Trinajstić information content (AvgIpc) is 3.54. The molecule has 2 heterocycles. The molecule has 1 aromatic carbocycles. The predicted molar refractivity (Wildman–Crippen MR) is 184 cm³/mol. The number of benzene rings is 1. The Morgan fingerprint density at radius 2 is 1.85 bits per heavy atom. The molecule has 2 saturated carbocycles. The van der Waals surface area contributed by atoms with Crippen LogP contribution < -0.4 is 9.47 Å². The van der Waals surface area contributed by atoms with Crippen molar-refractivity contribution >= 4 is 49.1 Å². The number of likely N-dealkylation sites (tertiary alicyclic amines) is 1. The number of hydrogen-bond donors (Lipinski definition) is 0. The smallest absolute Gasteiger partial charge is 0.295 e. The van der Waals surface area contributed by atoms with Crippen molar-refractivity contribution in [3.63, 3.8) is 0 Å². The van der Waals surface area contributed by atoms with E-state index in [2.05, 4.69) is 16.9 Å². The summed E-state index contributed by atoms with van der Waals surface area (Å²) in [5.41, 5.74) is 0.110. The number of fused-ring (bicyclic) bond motifs is 1. The second-order valence-electron chi connectivity index (χ2n) is 14.6. The summed E-state index contributed by atoms with van der Waals surface area (Å²) in [5.74, 6) is -3.03. The normalized spacial score (nSPS) is 27.1. The van der Waals surface area contributed by atoms with Gasteiger partial charge in [0.25, 0.3) is 5.92 Å². The number of ketones is 1. The fourth-order valence-electron chi connectivity index (χ4n) is 7.96. The van der Waals surface area contributed by atoms with E-state index in [1.54, 1.807) is 52.6 Å². The number of Topliss-reactive ketones (excluding diaryl/α,β-unsaturated/α-hetero) is 1. The van der Waals surface area contributed by atoms with Crippen LogP contribution in [0.3, 0.4) is 0 Å². The predicted octanol–water partition coefficient (Wildman–Crippen LogP) is 8.07. The third-order valence-electron chi connectivity index (χ3n) is 11.0. The summed E-state index contributed by atoms with van der Waals surface area (Å²) in [4.78, 5) is 48.8. The number of unbranched alkanes of at least 4 members (excludes halogenated alkanes) is 1. The van der Waals surface area contributed by atoms with E-state index in [-0.39, 0.29) is 51.6 Å². The van der Waals surface area contributed by atoms with Gasteiger partial charge in [0.2, 0.25) is 15.6 Å². The molecular weight excluding hydrogens is 719 g/mol. The van der Waals surface area contributed by atoms with E-state index >= 15 is 8.78 Å². The number of alkyl halides is 2. The second kappa shape index (κ2) is 14.6. The number of methoxy groups -OCH3 is 1. The maximum Gasteiger partial charge on any atom is 0.295 e. The van der Waals surface area contributed by atoms with Crippen LogP contribution in [0.15, 0.2) is 18.2 Å². The van der Waals surface area contributed by atoms with Crippen molar-refractivity contribution in [2.24, 2.45) is 29.1 Å². The Morgan fingerprint density at radius 1 is 1.13 bits per heavy atom. The minimum Gasteiger partial charge on any atom is -0.497 e. The fourth-order valence-corrected chi connectivity index (χ4v) is 8.87. The zero-order valence-electron chi connectivity index (χ0n) is 28.2. The van der Waals surface area contributed by atoms with E-state index in [1.165, 1.54) is 13.5 Å². The molecule has 5 rings (SSSR count). The molecule has 1 aromatic heterocycles. The first-order valence-electron chi connectivity index (χ1n) is 17.1. The van der Waals surface area contributed by atoms with Crippen molar-refractivity contribution < 1.29 is 32.6 Å². The number of rotatable bonds is 14. The van der Waals surface area contributed by atoms with E-state index < -0.39 is 36.1 Å². The molecule has 0 spiro atoms. The molecule has 2 aliphatic carbocycles. The Morgan fingerprint density at radius 3 is 2.51 bits per heavy atom. The summed E-state index contributed by atoms with van der Waals surface area (Å²) in [6.45, 7) is 7.58. The first-order valence-corrected chi connectivity index (χ1v) is 18.2. The first kappa shape index (κ1) is 35.9. The van der Waals surface area contributed by atoms with Gasteiger partial charge >= 0.3 is 0 Å². The van der Waals surface area contributed by atoms with Gasteiger partial charge in [-0.3, -0.25) is 9.59 Å². The Bertz CT molecular complexity index is 1480. The van der Waals surface area contributed by atoms with Crippen LogP contribution in [0.2, 0.25) is 0 Å². The molecule has 0 radical (unpaired) electrons. The highest BCUT2D eigenvalue weighted by Gasteiger charge is 2.50. The van der Waals surface area contributed by atoms with Crippen LogP contribution in [0.5, 0.6) is 11.6 Å². The number of nitrogens with zero attached hydrogens (tertiary/aromatic N) is 3. The molecule has 3 aliphatic rings. The molecule has 0 unspecified atom stereocenters. The number of halogens is 3. The molecule has 0 N–H and O–H groups in total.